The van der Waals surface area contributed by atoms with Gasteiger partial charge in [-0.1, -0.05) is 92.3 Å². The van der Waals surface area contributed by atoms with E-state index < -0.39 is 232 Å². The molecule has 1 aliphatic heterocycles. The highest BCUT2D eigenvalue weighted by Gasteiger charge is 2.35. The number of para-hydroxylation sites is 1. The van der Waals surface area contributed by atoms with Gasteiger partial charge in [0.05, 0.1) is 35.4 Å². The third-order valence-electron chi connectivity index (χ3n) is 5.28. The molecule has 4 atom stereocenters. The highest BCUT2D eigenvalue weighted by Crippen LogP contribution is 2.22. The van der Waals surface area contributed by atoms with E-state index in [1.165, 1.54) is 10.6 Å². The number of hydrogen-bond donors (Lipinski definition) is 4. The maximum Gasteiger partial charge on any atom is 0.318 e. The maximum atomic E-state index is 15.3. The predicted molar refractivity (Wildman–Crippen MR) is 180 cm³/mol. The van der Waals surface area contributed by atoms with Crippen LogP contribution in [0, 0.1) is 19.6 Å². The fraction of sp³-hybridized carbons (Fsp3) is 0.432. The summed E-state index contributed by atoms with van der Waals surface area (Å²) in [5, 5.41) is 16.1. The van der Waals surface area contributed by atoms with Gasteiger partial charge in [-0.2, -0.15) is 0 Å². The van der Waals surface area contributed by atoms with Gasteiger partial charge in [-0.3, -0.25) is 9.59 Å². The van der Waals surface area contributed by atoms with Crippen molar-refractivity contribution in [1.82, 2.24) is 20.9 Å². The molecule has 4 N–H and O–H groups in total. The summed E-state index contributed by atoms with van der Waals surface area (Å²) in [6.45, 7) is -30.6. The van der Waals surface area contributed by atoms with Crippen LogP contribution in [0.15, 0.2) is 78.6 Å². The number of rotatable bonds is 15. The first-order valence-electron chi connectivity index (χ1n) is 32.4. The molecule has 3 aromatic carbocycles. The second-order valence-corrected chi connectivity index (χ2v) is 8.42. The average Bonchev–Trinajstić information content (AvgIpc) is 0.690. The quantitative estimate of drug-likeness (QED) is 0.192. The Morgan fingerprint density at radius 2 is 1.67 bits per heavy atom. The molecule has 1 heterocycles. The van der Waals surface area contributed by atoms with Crippen molar-refractivity contribution in [3.8, 4) is 5.75 Å². The van der Waals surface area contributed by atoms with E-state index in [0.29, 0.717) is 0 Å². The molecule has 0 radical (unpaired) electrons. The van der Waals surface area contributed by atoms with Crippen molar-refractivity contribution in [3.63, 3.8) is 0 Å². The summed E-state index contributed by atoms with van der Waals surface area (Å²) in [6, 6.07) is -35.8. The topological polar surface area (TPSA) is 120 Å². The molecule has 4 amide bonds. The lowest BCUT2D eigenvalue weighted by Crippen LogP contribution is -2.59. The van der Waals surface area contributed by atoms with Crippen LogP contribution in [0.1, 0.15) is 104 Å². The van der Waals surface area contributed by atoms with Gasteiger partial charge in [-0.05, 0) is 67.4 Å². The van der Waals surface area contributed by atoms with E-state index in [2.05, 4.69) is 0 Å². The molecule has 0 unspecified atom stereocenters. The van der Waals surface area contributed by atoms with Crippen LogP contribution in [-0.4, -0.2) is 71.6 Å². The summed E-state index contributed by atoms with van der Waals surface area (Å²) in [5.41, 5.74) is -6.90. The first-order chi connectivity index (χ1) is 38.0. The van der Waals surface area contributed by atoms with Crippen LogP contribution in [-0.2, 0) is 22.3 Å². The van der Waals surface area contributed by atoms with E-state index in [4.69, 9.17) is 51.3 Å². The fourth-order valence-corrected chi connectivity index (χ4v) is 3.36. The minimum atomic E-state index is -5.29. The van der Waals surface area contributed by atoms with Gasteiger partial charge in [0.15, 0.2) is 6.56 Å². The molecule has 0 aliphatic carbocycles. The molecular weight excluding hydrogens is 580 g/mol. The average molecular weight is 669 g/mol. The van der Waals surface area contributed by atoms with E-state index in [-0.39, 0.29) is 0 Å². The number of carbonyl (C=O) groups is 3. The number of benzene rings is 3. The summed E-state index contributed by atoms with van der Waals surface area (Å²) in [6.07, 6.45) is -19.4. The number of hydrogen-bond acceptors (Lipinski definition) is 5. The third-order valence-corrected chi connectivity index (χ3v) is 5.28. The molecule has 9 nitrogen and oxygen atoms in total. The highest BCUT2D eigenvalue weighted by molar-refractivity contribution is 5.87. The smallest absolute Gasteiger partial charge is 0.318 e. The molecule has 246 valence electrons. The highest BCUT2D eigenvalue weighted by atomic mass is 16.5. The molecule has 0 saturated carbocycles. The largest absolute Gasteiger partial charge is 0.483 e. The Morgan fingerprint density at radius 1 is 1.02 bits per heavy atom. The zero-order valence-electron chi connectivity index (χ0n) is 62.9. The van der Waals surface area contributed by atoms with Crippen LogP contribution in [0.2, 0.25) is 0 Å². The monoisotopic (exact) mass is 669 g/mol. The minimum absolute atomic E-state index is 1.14. The molecule has 9 heteroatoms. The van der Waals surface area contributed by atoms with Gasteiger partial charge in [0.25, 0.3) is 5.91 Å². The van der Waals surface area contributed by atoms with Crippen molar-refractivity contribution in [1.29, 1.82) is 0 Å². The second-order valence-electron chi connectivity index (χ2n) is 8.42. The lowest BCUT2D eigenvalue weighted by atomic mass is 9.92. The van der Waals surface area contributed by atoms with Crippen LogP contribution in [0.4, 0.5) is 4.79 Å². The minimum Gasteiger partial charge on any atom is -0.483 e. The second kappa shape index (κ2) is 16.8. The number of nitrogens with one attached hydrogen (secondary N) is 3. The first-order valence-corrected chi connectivity index (χ1v) is 12.4. The lowest BCUT2D eigenvalue weighted by molar-refractivity contribution is -0.128. The van der Waals surface area contributed by atoms with E-state index in [1.807, 2.05) is 0 Å². The summed E-state index contributed by atoms with van der Waals surface area (Å²) >= 11 is 0. The Balaban J connectivity index is 2.26. The number of ether oxygens (including phenoxy) is 1. The van der Waals surface area contributed by atoms with E-state index >= 15 is 4.79 Å². The van der Waals surface area contributed by atoms with Crippen molar-refractivity contribution in [2.75, 3.05) is 19.6 Å². The zero-order valence-corrected chi connectivity index (χ0v) is 22.9. The molecule has 1 aliphatic rings. The van der Waals surface area contributed by atoms with E-state index in [9.17, 15) is 22.9 Å². The summed E-state index contributed by atoms with van der Waals surface area (Å²) in [5.74, 6) is -12.8. The van der Waals surface area contributed by atoms with Crippen molar-refractivity contribution >= 4 is 17.8 Å². The van der Waals surface area contributed by atoms with Gasteiger partial charge < -0.3 is 30.7 Å². The first kappa shape index (κ1) is 9.60. The van der Waals surface area contributed by atoms with Gasteiger partial charge in [0, 0.05) is 50.6 Å². The molecule has 0 aromatic heterocycles. The number of amides is 4. The Hall–Kier alpha value is -4.37. The number of nitrogens with zero attached hydrogens (tertiary/aromatic N) is 1. The lowest BCUT2D eigenvalue weighted by Gasteiger charge is -2.37. The fourth-order valence-electron chi connectivity index (χ4n) is 3.36. The van der Waals surface area contributed by atoms with Crippen LogP contribution < -0.4 is 20.7 Å². The van der Waals surface area contributed by atoms with Crippen molar-refractivity contribution in [3.05, 3.63) is 101 Å². The molecule has 4 rings (SSSR count). The van der Waals surface area contributed by atoms with E-state index in [0.717, 1.165) is 5.32 Å². The molecule has 46 heavy (non-hydrogen) atoms. The SMILES string of the molecule is [2H]c1c([2H])c([2H])c(C([2H])([2H])[C@@H](C[C@H](O)[C@@]([2H])(NC(=O)C([2H])([2H])Oc2c(C([2H])([2H])[2H])c([2H])c([2H])c([2H])c2C([2H])([2H])[2H])C([2H])([2H])c2c([2H])c([2H])c([2H])c([2H])c2[2H])NC(=O)[C@@]([2H])(N2C(=O)NC([2H])([2H])C([2H])([2H])C2([2H])[2H])C([2H])(C([2H])([2H])[2H])C([2H])([2H])[2H])c([2H])c1[2H]. The molecular formula is C37H48N4O5. The molecule has 1 fully saturated rings. The van der Waals surface area contributed by atoms with Gasteiger partial charge in [-0.25, -0.2) is 4.79 Å². The Kier molecular flexibility index (Phi) is 3.50. The zero-order chi connectivity index (χ0) is 67.9. The Morgan fingerprint density at radius 3 is 2.30 bits per heavy atom. The number of aliphatic hydroxyl groups is 1. The van der Waals surface area contributed by atoms with Crippen LogP contribution >= 0.6 is 0 Å². The molecule has 3 aromatic rings. The van der Waals surface area contributed by atoms with Crippen LogP contribution in [0.3, 0.4) is 0 Å². The molecule has 0 bridgehead atoms. The van der Waals surface area contributed by atoms with Crippen molar-refractivity contribution < 1.29 is 79.1 Å². The van der Waals surface area contributed by atoms with Crippen LogP contribution in [0.25, 0.3) is 0 Å². The van der Waals surface area contributed by atoms with Gasteiger partial charge >= 0.3 is 6.03 Å². The number of aliphatic hydroxyl groups excluding tert-OH is 1. The van der Waals surface area contributed by atoms with Gasteiger partial charge in [-0.15, -0.1) is 0 Å². The number of carbonyl (C=O) groups excluding carboxylic acids is 3. The predicted octanol–water partition coefficient (Wildman–Crippen LogP) is 4.33. The Labute approximate surface area is 328 Å². The molecule has 0 spiro atoms. The van der Waals surface area contributed by atoms with Crippen molar-refractivity contribution in [2.24, 2.45) is 5.89 Å². The van der Waals surface area contributed by atoms with Gasteiger partial charge in [0.1, 0.15) is 11.8 Å². The standard InChI is InChI=1S/C37H48N4O5/c1-25(2)34(41-20-12-19-38-37(41)45)36(44)39-30(21-28-15-7-5-8-16-28)23-32(42)31(22-29-17-9-6-10-18-29)40-33(43)24-46-35-26(3)13-11-14-27(35)4/h5-11,13-18,25,30-32,34,42H,12,19-24H2,1-4H3,(H,38,45)(H,39,44)(H,40,43)/t30-,31-,32-,34-/m0/s1/i1D3,2D3,3D3,4D3,5D,6D,7D,8D,9D,10D,11D,12D2,13D,14D,15D,16D,17D,18D,19D2,20D2,21D2,22D2,24D2,25D,31D,34D. The molecule has 1 saturated heterocycles. The summed E-state index contributed by atoms with van der Waals surface area (Å²) < 4.78 is 342. The van der Waals surface area contributed by atoms with E-state index in [1.54, 1.807) is 0 Å². The maximum absolute atomic E-state index is 15.3. The normalized spacial score (nSPS) is 35.3. The van der Waals surface area contributed by atoms with Gasteiger partial charge in [0.2, 0.25) is 5.91 Å². The Bertz CT molecular complexity index is 3130. The summed E-state index contributed by atoms with van der Waals surface area (Å²) in [7, 11) is 0. The van der Waals surface area contributed by atoms with Crippen molar-refractivity contribution in [2.45, 2.75) is 77.1 Å². The van der Waals surface area contributed by atoms with Crippen LogP contribution in [0.5, 0.6) is 5.75 Å². The number of urea groups is 1. The summed E-state index contributed by atoms with van der Waals surface area (Å²) in [4.78, 5) is 42.5. The third kappa shape index (κ3) is 9.81.